The largest absolute Gasteiger partial charge is 0.502 e. The van der Waals surface area contributed by atoms with E-state index in [-0.39, 0.29) is 38.4 Å². The summed E-state index contributed by atoms with van der Waals surface area (Å²) in [5, 5.41) is 29.9. The Morgan fingerprint density at radius 2 is 1.71 bits per heavy atom. The SMILES string of the molecule is CCO/C=C/[C@H](CC(=O)O)NC(=O)[C@H](Cc1c[nH]cn1)NC(=O)[C@H](CCCNC(=N)N)NC(=O)[C@@H](NC(=O)OCc1ccccc1)C(C)C. The van der Waals surface area contributed by atoms with Crippen LogP contribution in [0.25, 0.3) is 0 Å². The highest BCUT2D eigenvalue weighted by Gasteiger charge is 2.32. The van der Waals surface area contributed by atoms with E-state index in [4.69, 9.17) is 20.6 Å². The fourth-order valence-corrected chi connectivity index (χ4v) is 4.46. The maximum absolute atomic E-state index is 13.7. The molecule has 1 aromatic carbocycles. The Labute approximate surface area is 284 Å². The first-order valence-corrected chi connectivity index (χ1v) is 15.8. The highest BCUT2D eigenvalue weighted by Crippen LogP contribution is 2.09. The summed E-state index contributed by atoms with van der Waals surface area (Å²) >= 11 is 0. The molecule has 0 saturated heterocycles. The molecule has 49 heavy (non-hydrogen) atoms. The predicted molar refractivity (Wildman–Crippen MR) is 179 cm³/mol. The highest BCUT2D eigenvalue weighted by molar-refractivity contribution is 5.94. The number of carboxylic acid groups (broad SMARTS) is 1. The number of ether oxygens (including phenoxy) is 2. The van der Waals surface area contributed by atoms with E-state index in [1.54, 1.807) is 51.2 Å². The Morgan fingerprint density at radius 1 is 1.02 bits per heavy atom. The average molecular weight is 686 g/mol. The number of aromatic nitrogens is 2. The quantitative estimate of drug-likeness (QED) is 0.0381. The number of carbonyl (C=O) groups is 5. The van der Waals surface area contributed by atoms with Crippen molar-refractivity contribution in [2.24, 2.45) is 11.7 Å². The molecule has 0 radical (unpaired) electrons. The number of aliphatic carboxylic acids is 1. The zero-order chi connectivity index (χ0) is 36.2. The van der Waals surface area contributed by atoms with Crippen LogP contribution >= 0.6 is 0 Å². The number of nitrogens with one attached hydrogen (secondary N) is 7. The van der Waals surface area contributed by atoms with E-state index in [2.05, 4.69) is 36.6 Å². The number of nitrogens with zero attached hydrogens (tertiary/aromatic N) is 1. The number of carboxylic acids is 1. The van der Waals surface area contributed by atoms with E-state index in [9.17, 15) is 29.1 Å². The third-order valence-electron chi connectivity index (χ3n) is 6.95. The number of imidazole rings is 1. The van der Waals surface area contributed by atoms with Gasteiger partial charge < -0.3 is 51.9 Å². The summed E-state index contributed by atoms with van der Waals surface area (Å²) in [5.41, 5.74) is 6.56. The Hall–Kier alpha value is -5.61. The maximum atomic E-state index is 13.7. The van der Waals surface area contributed by atoms with Gasteiger partial charge in [-0.05, 0) is 37.3 Å². The van der Waals surface area contributed by atoms with Crippen molar-refractivity contribution < 1.29 is 38.6 Å². The molecule has 4 atom stereocenters. The molecule has 0 unspecified atom stereocenters. The van der Waals surface area contributed by atoms with Crippen LogP contribution in [0.3, 0.4) is 0 Å². The Balaban J connectivity index is 2.24. The van der Waals surface area contributed by atoms with Crippen molar-refractivity contribution >= 4 is 35.7 Å². The first-order chi connectivity index (χ1) is 23.4. The van der Waals surface area contributed by atoms with Crippen molar-refractivity contribution in [3.05, 3.63) is 66.5 Å². The van der Waals surface area contributed by atoms with Gasteiger partial charge in [0.25, 0.3) is 0 Å². The van der Waals surface area contributed by atoms with E-state index < -0.39 is 66.3 Å². The minimum atomic E-state index is -1.23. The number of guanidine groups is 1. The molecule has 0 bridgehead atoms. The second-order valence-corrected chi connectivity index (χ2v) is 11.3. The van der Waals surface area contributed by atoms with Gasteiger partial charge in [0.1, 0.15) is 24.7 Å². The molecule has 10 N–H and O–H groups in total. The van der Waals surface area contributed by atoms with Crippen LogP contribution in [-0.2, 0) is 41.7 Å². The molecule has 0 aliphatic heterocycles. The lowest BCUT2D eigenvalue weighted by Crippen LogP contribution is -2.58. The number of hydrogen-bond donors (Lipinski definition) is 9. The van der Waals surface area contributed by atoms with Gasteiger partial charge in [-0.2, -0.15) is 0 Å². The fraction of sp³-hybridized carbons (Fsp3) is 0.469. The zero-order valence-electron chi connectivity index (χ0n) is 27.9. The molecule has 268 valence electrons. The summed E-state index contributed by atoms with van der Waals surface area (Å²) in [6.45, 7) is 5.71. The fourth-order valence-electron chi connectivity index (χ4n) is 4.46. The number of nitrogens with two attached hydrogens (primary N) is 1. The molecule has 4 amide bonds. The number of rotatable bonds is 21. The van der Waals surface area contributed by atoms with Crippen LogP contribution in [0.1, 0.15) is 51.3 Å². The normalized spacial score (nSPS) is 13.4. The molecular formula is C32H47N9O8. The predicted octanol–water partition coefficient (Wildman–Crippen LogP) is 0.646. The van der Waals surface area contributed by atoms with E-state index in [0.29, 0.717) is 12.3 Å². The third kappa shape index (κ3) is 15.7. The molecule has 0 saturated carbocycles. The number of H-pyrrole nitrogens is 1. The average Bonchev–Trinajstić information content (AvgIpc) is 3.56. The maximum Gasteiger partial charge on any atom is 0.408 e. The molecule has 17 heteroatoms. The van der Waals surface area contributed by atoms with Crippen molar-refractivity contribution in [2.75, 3.05) is 13.2 Å². The van der Waals surface area contributed by atoms with Crippen LogP contribution < -0.4 is 32.3 Å². The summed E-state index contributed by atoms with van der Waals surface area (Å²) in [5.74, 6) is -3.92. The topological polar surface area (TPSA) is 263 Å². The minimum absolute atomic E-state index is 0.0124. The summed E-state index contributed by atoms with van der Waals surface area (Å²) in [6.07, 6.45) is 4.63. The van der Waals surface area contributed by atoms with Gasteiger partial charge in [0.15, 0.2) is 5.96 Å². The van der Waals surface area contributed by atoms with Crippen molar-refractivity contribution in [1.82, 2.24) is 36.6 Å². The van der Waals surface area contributed by atoms with Gasteiger partial charge in [0.2, 0.25) is 17.7 Å². The molecule has 17 nitrogen and oxygen atoms in total. The standard InChI is InChI=1S/C32H47N9O8/c1-4-48-14-12-22(16-26(42)43)38-29(45)25(15-23-17-35-19-37-23)40-28(44)24(11-8-13-36-31(33)34)39-30(46)27(20(2)3)41-32(47)49-18-21-9-6-5-7-10-21/h5-7,9-10,12,14,17,19-20,22,24-25,27H,4,8,11,13,15-16,18H2,1-3H3,(H,35,37)(H,38,45)(H,39,46)(H,40,44)(H,41,47)(H,42,43)(H4,33,34,36)/b14-12+/t22-,24+,25+,27+/m1/s1. The number of alkyl carbamates (subject to hydrolysis) is 1. The monoisotopic (exact) mass is 685 g/mol. The molecule has 0 spiro atoms. The van der Waals surface area contributed by atoms with Crippen LogP contribution in [-0.4, -0.2) is 88.1 Å². The number of benzene rings is 1. The molecule has 0 aliphatic carbocycles. The van der Waals surface area contributed by atoms with Crippen molar-refractivity contribution in [2.45, 2.75) is 77.2 Å². The Kier molecular flexibility index (Phi) is 17.2. The lowest BCUT2D eigenvalue weighted by Gasteiger charge is -2.27. The van der Waals surface area contributed by atoms with Gasteiger partial charge in [-0.25, -0.2) is 9.78 Å². The van der Waals surface area contributed by atoms with Gasteiger partial charge >= 0.3 is 12.1 Å². The second kappa shape index (κ2) is 21.3. The van der Waals surface area contributed by atoms with E-state index in [0.717, 1.165) is 5.56 Å². The van der Waals surface area contributed by atoms with Gasteiger partial charge in [0, 0.05) is 19.2 Å². The van der Waals surface area contributed by atoms with Crippen LogP contribution in [0, 0.1) is 11.3 Å². The van der Waals surface area contributed by atoms with Crippen LogP contribution in [0.4, 0.5) is 4.79 Å². The Bertz CT molecular complexity index is 1390. The molecule has 1 heterocycles. The van der Waals surface area contributed by atoms with Crippen molar-refractivity contribution in [3.63, 3.8) is 0 Å². The van der Waals surface area contributed by atoms with Crippen molar-refractivity contribution in [3.8, 4) is 0 Å². The molecule has 1 aromatic heterocycles. The number of amides is 4. The highest BCUT2D eigenvalue weighted by atomic mass is 16.5. The second-order valence-electron chi connectivity index (χ2n) is 11.3. The summed E-state index contributed by atoms with van der Waals surface area (Å²) < 4.78 is 10.4. The van der Waals surface area contributed by atoms with E-state index in [1.165, 1.54) is 18.7 Å². The number of hydrogen-bond acceptors (Lipinski definition) is 9. The van der Waals surface area contributed by atoms with E-state index >= 15 is 0 Å². The summed E-state index contributed by atoms with van der Waals surface area (Å²) in [6, 6.07) is 4.55. The number of aromatic amines is 1. The van der Waals surface area contributed by atoms with Crippen molar-refractivity contribution in [1.29, 1.82) is 5.41 Å². The molecule has 2 rings (SSSR count). The van der Waals surface area contributed by atoms with Crippen LogP contribution in [0.2, 0.25) is 0 Å². The molecule has 0 aliphatic rings. The van der Waals surface area contributed by atoms with Crippen LogP contribution in [0.15, 0.2) is 55.2 Å². The molecule has 0 fully saturated rings. The summed E-state index contributed by atoms with van der Waals surface area (Å²) in [4.78, 5) is 71.7. The van der Waals surface area contributed by atoms with Gasteiger partial charge in [-0.15, -0.1) is 0 Å². The van der Waals surface area contributed by atoms with E-state index in [1.807, 2.05) is 6.07 Å². The first kappa shape index (κ1) is 39.6. The molecular weight excluding hydrogens is 638 g/mol. The van der Waals surface area contributed by atoms with Crippen LogP contribution in [0.5, 0.6) is 0 Å². The number of carbonyl (C=O) groups excluding carboxylic acids is 4. The summed E-state index contributed by atoms with van der Waals surface area (Å²) in [7, 11) is 0. The minimum Gasteiger partial charge on any atom is -0.502 e. The Morgan fingerprint density at radius 3 is 2.33 bits per heavy atom. The lowest BCUT2D eigenvalue weighted by molar-refractivity contribution is -0.137. The first-order valence-electron chi connectivity index (χ1n) is 15.8. The van der Waals surface area contributed by atoms with Gasteiger partial charge in [0.05, 0.1) is 37.4 Å². The lowest BCUT2D eigenvalue weighted by atomic mass is 10.0. The zero-order valence-corrected chi connectivity index (χ0v) is 27.9. The van der Waals surface area contributed by atoms with Gasteiger partial charge in [-0.3, -0.25) is 24.6 Å². The molecule has 2 aromatic rings. The van der Waals surface area contributed by atoms with Gasteiger partial charge in [-0.1, -0.05) is 44.2 Å². The smallest absolute Gasteiger partial charge is 0.408 e. The third-order valence-corrected chi connectivity index (χ3v) is 6.95.